The number of halogens is 1. The predicted octanol–water partition coefficient (Wildman–Crippen LogP) is 2.41. The van der Waals surface area contributed by atoms with Crippen LogP contribution in [-0.2, 0) is 0 Å². The second kappa shape index (κ2) is 4.42. The van der Waals surface area contributed by atoms with Crippen molar-refractivity contribution in [3.05, 3.63) is 45.4 Å². The van der Waals surface area contributed by atoms with Crippen LogP contribution in [0.1, 0.15) is 5.69 Å². The molecular formula is C10H7ClN4O2. The number of aryl methyl sites for hydroxylation is 1. The third kappa shape index (κ3) is 2.36. The highest BCUT2D eigenvalue weighted by atomic mass is 35.5. The van der Waals surface area contributed by atoms with E-state index in [1.807, 2.05) is 0 Å². The van der Waals surface area contributed by atoms with Gasteiger partial charge in [0.2, 0.25) is 0 Å². The van der Waals surface area contributed by atoms with Crippen LogP contribution in [0.5, 0.6) is 0 Å². The normalized spacial score (nSPS) is 10.2. The van der Waals surface area contributed by atoms with Crippen LogP contribution in [0.25, 0.3) is 11.3 Å². The highest BCUT2D eigenvalue weighted by Crippen LogP contribution is 2.25. The number of nitrogens with zero attached hydrogens (tertiary/aromatic N) is 4. The SMILES string of the molecule is Cc1ncc([N+](=O)[O-])cc1-c1cc(Cl)cnn1. The summed E-state index contributed by atoms with van der Waals surface area (Å²) in [6.07, 6.45) is 2.60. The highest BCUT2D eigenvalue weighted by molar-refractivity contribution is 6.30. The van der Waals surface area contributed by atoms with Crippen LogP contribution < -0.4 is 0 Å². The zero-order chi connectivity index (χ0) is 12.4. The molecule has 0 aromatic carbocycles. The summed E-state index contributed by atoms with van der Waals surface area (Å²) in [5.41, 5.74) is 1.56. The van der Waals surface area contributed by atoms with Gasteiger partial charge in [-0.05, 0) is 13.0 Å². The van der Waals surface area contributed by atoms with Gasteiger partial charge < -0.3 is 0 Å². The van der Waals surface area contributed by atoms with Gasteiger partial charge in [0.05, 0.1) is 21.8 Å². The fourth-order valence-corrected chi connectivity index (χ4v) is 1.50. The topological polar surface area (TPSA) is 81.8 Å². The van der Waals surface area contributed by atoms with Gasteiger partial charge in [0, 0.05) is 17.3 Å². The zero-order valence-electron chi connectivity index (χ0n) is 8.79. The van der Waals surface area contributed by atoms with Gasteiger partial charge in [0.15, 0.2) is 0 Å². The van der Waals surface area contributed by atoms with Crippen molar-refractivity contribution >= 4 is 17.3 Å². The molecule has 0 bridgehead atoms. The van der Waals surface area contributed by atoms with Crippen LogP contribution in [-0.4, -0.2) is 20.1 Å². The van der Waals surface area contributed by atoms with Crippen molar-refractivity contribution in [3.8, 4) is 11.3 Å². The van der Waals surface area contributed by atoms with Crippen molar-refractivity contribution in [3.63, 3.8) is 0 Å². The fraction of sp³-hybridized carbons (Fsp3) is 0.100. The van der Waals surface area contributed by atoms with Crippen molar-refractivity contribution in [2.75, 3.05) is 0 Å². The summed E-state index contributed by atoms with van der Waals surface area (Å²) in [7, 11) is 0. The van der Waals surface area contributed by atoms with Gasteiger partial charge in [0.1, 0.15) is 6.20 Å². The van der Waals surface area contributed by atoms with E-state index in [-0.39, 0.29) is 5.69 Å². The highest BCUT2D eigenvalue weighted by Gasteiger charge is 2.12. The number of rotatable bonds is 2. The largest absolute Gasteiger partial charge is 0.288 e. The summed E-state index contributed by atoms with van der Waals surface area (Å²) in [4.78, 5) is 14.1. The maximum Gasteiger partial charge on any atom is 0.288 e. The predicted molar refractivity (Wildman–Crippen MR) is 61.7 cm³/mol. The monoisotopic (exact) mass is 250 g/mol. The lowest BCUT2D eigenvalue weighted by Gasteiger charge is -2.03. The van der Waals surface area contributed by atoms with Crippen LogP contribution in [0.3, 0.4) is 0 Å². The Hall–Kier alpha value is -2.08. The molecule has 0 aliphatic rings. The van der Waals surface area contributed by atoms with Gasteiger partial charge in [-0.3, -0.25) is 15.1 Å². The Morgan fingerprint density at radius 2 is 2.12 bits per heavy atom. The Kier molecular flexibility index (Phi) is 2.97. The molecule has 0 amide bonds. The summed E-state index contributed by atoms with van der Waals surface area (Å²) in [5.74, 6) is 0. The minimum absolute atomic E-state index is 0.0904. The molecule has 2 aromatic rings. The van der Waals surface area contributed by atoms with E-state index >= 15 is 0 Å². The molecule has 6 nitrogen and oxygen atoms in total. The first kappa shape index (κ1) is 11.4. The molecule has 0 saturated heterocycles. The first-order chi connectivity index (χ1) is 8.08. The van der Waals surface area contributed by atoms with Crippen LogP contribution >= 0.6 is 11.6 Å². The third-order valence-electron chi connectivity index (χ3n) is 2.18. The lowest BCUT2D eigenvalue weighted by atomic mass is 10.1. The number of nitro groups is 1. The van der Waals surface area contributed by atoms with Gasteiger partial charge in [-0.2, -0.15) is 10.2 Å². The van der Waals surface area contributed by atoms with Gasteiger partial charge >= 0.3 is 0 Å². The van der Waals surface area contributed by atoms with E-state index in [0.29, 0.717) is 22.0 Å². The van der Waals surface area contributed by atoms with Crippen LogP contribution in [0.15, 0.2) is 24.5 Å². The summed E-state index contributed by atoms with van der Waals surface area (Å²) in [6, 6.07) is 2.99. The van der Waals surface area contributed by atoms with E-state index in [9.17, 15) is 10.1 Å². The molecule has 0 radical (unpaired) electrons. The molecule has 0 fully saturated rings. The van der Waals surface area contributed by atoms with Gasteiger partial charge in [-0.1, -0.05) is 11.6 Å². The first-order valence-electron chi connectivity index (χ1n) is 4.67. The second-order valence-electron chi connectivity index (χ2n) is 3.34. The van der Waals surface area contributed by atoms with E-state index in [1.54, 1.807) is 13.0 Å². The minimum atomic E-state index is -0.506. The lowest BCUT2D eigenvalue weighted by molar-refractivity contribution is -0.385. The number of hydrogen-bond acceptors (Lipinski definition) is 5. The molecule has 0 saturated carbocycles. The Morgan fingerprint density at radius 3 is 2.76 bits per heavy atom. The van der Waals surface area contributed by atoms with Crippen LogP contribution in [0.4, 0.5) is 5.69 Å². The average Bonchev–Trinajstić information content (AvgIpc) is 2.29. The van der Waals surface area contributed by atoms with Crippen molar-refractivity contribution in [1.82, 2.24) is 15.2 Å². The minimum Gasteiger partial charge on any atom is -0.258 e. The molecule has 2 rings (SSSR count). The Morgan fingerprint density at radius 1 is 1.35 bits per heavy atom. The Balaban J connectivity index is 2.58. The first-order valence-corrected chi connectivity index (χ1v) is 5.05. The van der Waals surface area contributed by atoms with Crippen molar-refractivity contribution in [2.45, 2.75) is 6.92 Å². The van der Waals surface area contributed by atoms with E-state index in [0.717, 1.165) is 0 Å². The van der Waals surface area contributed by atoms with E-state index in [1.165, 1.54) is 18.5 Å². The smallest absolute Gasteiger partial charge is 0.258 e. The van der Waals surface area contributed by atoms with Gasteiger partial charge in [0.25, 0.3) is 5.69 Å². The molecule has 0 unspecified atom stereocenters. The molecule has 0 aliphatic heterocycles. The van der Waals surface area contributed by atoms with Gasteiger partial charge in [-0.25, -0.2) is 0 Å². The maximum absolute atomic E-state index is 10.7. The maximum atomic E-state index is 10.7. The summed E-state index contributed by atoms with van der Waals surface area (Å²) in [6.45, 7) is 1.74. The van der Waals surface area contributed by atoms with Crippen LogP contribution in [0, 0.1) is 17.0 Å². The summed E-state index contributed by atoms with van der Waals surface area (Å²) in [5, 5.41) is 18.7. The molecular weight excluding hydrogens is 244 g/mol. The second-order valence-corrected chi connectivity index (χ2v) is 3.78. The average molecular weight is 251 g/mol. The molecule has 2 aromatic heterocycles. The number of aromatic nitrogens is 3. The quantitative estimate of drug-likeness (QED) is 0.604. The van der Waals surface area contributed by atoms with Gasteiger partial charge in [-0.15, -0.1) is 0 Å². The number of hydrogen-bond donors (Lipinski definition) is 0. The standard InChI is InChI=1S/C10H7ClN4O2/c1-6-9(3-8(5-12-6)15(16)17)10-2-7(11)4-13-14-10/h2-5H,1H3. The zero-order valence-corrected chi connectivity index (χ0v) is 9.55. The fourth-order valence-electron chi connectivity index (χ4n) is 1.36. The van der Waals surface area contributed by atoms with Crippen LogP contribution in [0.2, 0.25) is 5.02 Å². The third-order valence-corrected chi connectivity index (χ3v) is 2.39. The van der Waals surface area contributed by atoms with E-state index < -0.39 is 4.92 Å². The molecule has 17 heavy (non-hydrogen) atoms. The Labute approximate surface area is 101 Å². The molecule has 7 heteroatoms. The molecule has 0 aliphatic carbocycles. The summed E-state index contributed by atoms with van der Waals surface area (Å²) >= 11 is 5.79. The Bertz CT molecular complexity index is 588. The molecule has 0 atom stereocenters. The van der Waals surface area contributed by atoms with E-state index in [2.05, 4.69) is 15.2 Å². The van der Waals surface area contributed by atoms with E-state index in [4.69, 9.17) is 11.6 Å². The van der Waals surface area contributed by atoms with Crippen molar-refractivity contribution in [2.24, 2.45) is 0 Å². The molecule has 86 valence electrons. The number of pyridine rings is 1. The molecule has 2 heterocycles. The lowest BCUT2D eigenvalue weighted by Crippen LogP contribution is -1.95. The summed E-state index contributed by atoms with van der Waals surface area (Å²) < 4.78 is 0. The van der Waals surface area contributed by atoms with Crippen molar-refractivity contribution < 1.29 is 4.92 Å². The molecule has 0 N–H and O–H groups in total. The van der Waals surface area contributed by atoms with Crippen molar-refractivity contribution in [1.29, 1.82) is 0 Å². The molecule has 0 spiro atoms.